The molecule has 1 aromatic rings. The van der Waals surface area contributed by atoms with Crippen molar-refractivity contribution in [3.63, 3.8) is 0 Å². The molecule has 0 saturated heterocycles. The van der Waals surface area contributed by atoms with Gasteiger partial charge in [-0.25, -0.2) is 4.79 Å². The van der Waals surface area contributed by atoms with Gasteiger partial charge in [0.05, 0.1) is 19.1 Å². The minimum atomic E-state index is -1.49. The molecule has 0 spiro atoms. The van der Waals surface area contributed by atoms with E-state index in [1.54, 1.807) is 44.2 Å². The van der Waals surface area contributed by atoms with Crippen molar-refractivity contribution >= 4 is 29.7 Å². The van der Waals surface area contributed by atoms with E-state index in [2.05, 4.69) is 16.0 Å². The van der Waals surface area contributed by atoms with Crippen molar-refractivity contribution in [1.82, 2.24) is 16.0 Å². The third-order valence-electron chi connectivity index (χ3n) is 4.78. The zero-order valence-electron chi connectivity index (χ0n) is 19.1. The lowest BCUT2D eigenvalue weighted by atomic mass is 10.0. The number of nitrogens with one attached hydrogen (secondary N) is 3. The Morgan fingerprint density at radius 3 is 1.88 bits per heavy atom. The summed E-state index contributed by atoms with van der Waals surface area (Å²) in [5.74, 6) is -5.25. The minimum absolute atomic E-state index is 0.0288. The van der Waals surface area contributed by atoms with Gasteiger partial charge in [-0.1, -0.05) is 44.2 Å². The fraction of sp³-hybridized carbons (Fsp3) is 0.500. The maximum absolute atomic E-state index is 12.9. The summed E-state index contributed by atoms with van der Waals surface area (Å²) >= 11 is 0. The van der Waals surface area contributed by atoms with Crippen molar-refractivity contribution in [2.24, 2.45) is 11.7 Å². The van der Waals surface area contributed by atoms with Gasteiger partial charge >= 0.3 is 11.9 Å². The number of carbonyl (C=O) groups is 5. The van der Waals surface area contributed by atoms with Gasteiger partial charge in [-0.05, 0) is 17.9 Å². The average molecular weight is 481 g/mol. The molecule has 12 nitrogen and oxygen atoms in total. The average Bonchev–Trinajstić information content (AvgIpc) is 2.75. The van der Waals surface area contributed by atoms with E-state index in [1.165, 1.54) is 0 Å². The number of carboxylic acid groups (broad SMARTS) is 2. The molecule has 3 amide bonds. The van der Waals surface area contributed by atoms with Crippen LogP contribution in [0.2, 0.25) is 0 Å². The molecule has 34 heavy (non-hydrogen) atoms. The Balaban J connectivity index is 2.90. The van der Waals surface area contributed by atoms with E-state index in [0.29, 0.717) is 5.56 Å². The van der Waals surface area contributed by atoms with Gasteiger partial charge in [0.2, 0.25) is 17.7 Å². The summed E-state index contributed by atoms with van der Waals surface area (Å²) in [4.78, 5) is 59.9. The van der Waals surface area contributed by atoms with Crippen LogP contribution in [0.5, 0.6) is 0 Å². The molecule has 0 aromatic heterocycles. The SMILES string of the molecule is CC(C)CC(NC(=O)C(CO)NC(=O)C(N)CC(=O)O)C(=O)NC(Cc1ccccc1)C(=O)O. The fourth-order valence-electron chi connectivity index (χ4n) is 3.05. The number of hydrogen-bond donors (Lipinski definition) is 7. The second-order valence-corrected chi connectivity index (χ2v) is 8.23. The van der Waals surface area contributed by atoms with Crippen LogP contribution in [0.1, 0.15) is 32.3 Å². The highest BCUT2D eigenvalue weighted by atomic mass is 16.4. The molecule has 4 atom stereocenters. The first-order valence-corrected chi connectivity index (χ1v) is 10.7. The molecule has 0 saturated carbocycles. The Bertz CT molecular complexity index is 862. The first-order chi connectivity index (χ1) is 15.9. The van der Waals surface area contributed by atoms with E-state index in [9.17, 15) is 34.2 Å². The zero-order chi connectivity index (χ0) is 25.8. The second kappa shape index (κ2) is 13.9. The van der Waals surface area contributed by atoms with Gasteiger partial charge in [-0.3, -0.25) is 19.2 Å². The molecule has 0 fully saturated rings. The van der Waals surface area contributed by atoms with Crippen LogP contribution in [-0.2, 0) is 30.4 Å². The molecule has 8 N–H and O–H groups in total. The summed E-state index contributed by atoms with van der Waals surface area (Å²) in [6, 6.07) is 3.37. The van der Waals surface area contributed by atoms with Gasteiger partial charge in [-0.2, -0.15) is 0 Å². The van der Waals surface area contributed by atoms with E-state index >= 15 is 0 Å². The summed E-state index contributed by atoms with van der Waals surface area (Å²) in [6.45, 7) is 2.75. The Morgan fingerprint density at radius 1 is 0.853 bits per heavy atom. The van der Waals surface area contributed by atoms with Crippen LogP contribution in [0, 0.1) is 5.92 Å². The predicted octanol–water partition coefficient (Wildman–Crippen LogP) is -1.39. The number of hydrogen-bond acceptors (Lipinski definition) is 7. The molecule has 1 aromatic carbocycles. The van der Waals surface area contributed by atoms with E-state index in [-0.39, 0.29) is 18.8 Å². The van der Waals surface area contributed by atoms with Crippen LogP contribution in [0.4, 0.5) is 0 Å². The molecule has 0 aliphatic carbocycles. The first-order valence-electron chi connectivity index (χ1n) is 10.7. The normalized spacial score (nSPS) is 14.4. The number of rotatable bonds is 14. The van der Waals surface area contributed by atoms with Crippen molar-refractivity contribution in [2.45, 2.75) is 57.3 Å². The molecule has 0 radical (unpaired) electrons. The summed E-state index contributed by atoms with van der Waals surface area (Å²) in [7, 11) is 0. The van der Waals surface area contributed by atoms with Crippen molar-refractivity contribution in [3.05, 3.63) is 35.9 Å². The Kier molecular flexibility index (Phi) is 11.7. The Hall–Kier alpha value is -3.51. The molecule has 4 unspecified atom stereocenters. The second-order valence-electron chi connectivity index (χ2n) is 8.23. The zero-order valence-corrected chi connectivity index (χ0v) is 19.1. The maximum atomic E-state index is 12.9. The van der Waals surface area contributed by atoms with Crippen LogP contribution < -0.4 is 21.7 Å². The minimum Gasteiger partial charge on any atom is -0.481 e. The number of aliphatic hydroxyl groups excluding tert-OH is 1. The predicted molar refractivity (Wildman–Crippen MR) is 120 cm³/mol. The van der Waals surface area contributed by atoms with Gasteiger partial charge in [0.15, 0.2) is 0 Å². The third kappa shape index (κ3) is 9.96. The quantitative estimate of drug-likeness (QED) is 0.167. The molecular formula is C22H32N4O8. The van der Waals surface area contributed by atoms with Crippen LogP contribution in [0.15, 0.2) is 30.3 Å². The lowest BCUT2D eigenvalue weighted by Crippen LogP contribution is -2.58. The van der Waals surface area contributed by atoms with Crippen molar-refractivity contribution in [1.29, 1.82) is 0 Å². The van der Waals surface area contributed by atoms with E-state index in [1.807, 2.05) is 0 Å². The summed E-state index contributed by atoms with van der Waals surface area (Å²) < 4.78 is 0. The Morgan fingerprint density at radius 2 is 1.38 bits per heavy atom. The van der Waals surface area contributed by atoms with E-state index in [0.717, 1.165) is 0 Å². The number of carboxylic acids is 2. The van der Waals surface area contributed by atoms with E-state index < -0.39 is 66.9 Å². The standard InChI is InChI=1S/C22H32N4O8/c1-12(2)8-15(20(31)25-16(22(33)34)9-13-6-4-3-5-7-13)24-21(32)17(11-27)26-19(30)14(23)10-18(28)29/h3-7,12,14-17,27H,8-11,23H2,1-2H3,(H,24,32)(H,25,31)(H,26,30)(H,28,29)(H,33,34). The molecule has 0 aliphatic heterocycles. The summed E-state index contributed by atoms with van der Waals surface area (Å²) in [5.41, 5.74) is 6.15. The number of nitrogens with two attached hydrogens (primary N) is 1. The third-order valence-corrected chi connectivity index (χ3v) is 4.78. The number of benzene rings is 1. The molecule has 0 bridgehead atoms. The molecule has 0 aliphatic rings. The highest BCUT2D eigenvalue weighted by Crippen LogP contribution is 2.08. The molecule has 1 rings (SSSR count). The largest absolute Gasteiger partial charge is 0.481 e. The van der Waals surface area contributed by atoms with Gasteiger partial charge in [-0.15, -0.1) is 0 Å². The number of aliphatic hydroxyl groups is 1. The van der Waals surface area contributed by atoms with Gasteiger partial charge < -0.3 is 37.0 Å². The first kappa shape index (κ1) is 28.5. The van der Waals surface area contributed by atoms with Crippen LogP contribution in [0.3, 0.4) is 0 Å². The topological polar surface area (TPSA) is 208 Å². The number of amides is 3. The van der Waals surface area contributed by atoms with Crippen molar-refractivity contribution in [3.8, 4) is 0 Å². The van der Waals surface area contributed by atoms with Gasteiger partial charge in [0.25, 0.3) is 0 Å². The molecule has 0 heterocycles. The number of aliphatic carboxylic acids is 2. The van der Waals surface area contributed by atoms with E-state index in [4.69, 9.17) is 10.8 Å². The van der Waals surface area contributed by atoms with Crippen LogP contribution >= 0.6 is 0 Å². The molecule has 188 valence electrons. The van der Waals surface area contributed by atoms with Crippen molar-refractivity contribution < 1.29 is 39.3 Å². The molecular weight excluding hydrogens is 448 g/mol. The highest BCUT2D eigenvalue weighted by Gasteiger charge is 2.30. The lowest BCUT2D eigenvalue weighted by molar-refractivity contribution is -0.142. The summed E-state index contributed by atoms with van der Waals surface area (Å²) in [6.07, 6.45) is -0.497. The summed E-state index contributed by atoms with van der Waals surface area (Å²) in [5, 5.41) is 34.8. The van der Waals surface area contributed by atoms with Crippen molar-refractivity contribution in [2.75, 3.05) is 6.61 Å². The Labute approximate surface area is 196 Å². The van der Waals surface area contributed by atoms with Crippen LogP contribution in [0.25, 0.3) is 0 Å². The maximum Gasteiger partial charge on any atom is 0.326 e. The van der Waals surface area contributed by atoms with Gasteiger partial charge in [0, 0.05) is 6.42 Å². The monoisotopic (exact) mass is 480 g/mol. The highest BCUT2D eigenvalue weighted by molar-refractivity contribution is 5.94. The number of carbonyl (C=O) groups excluding carboxylic acids is 3. The fourth-order valence-corrected chi connectivity index (χ4v) is 3.05. The smallest absolute Gasteiger partial charge is 0.326 e. The molecule has 12 heteroatoms. The van der Waals surface area contributed by atoms with Crippen LogP contribution in [-0.4, -0.2) is 75.8 Å². The lowest BCUT2D eigenvalue weighted by Gasteiger charge is -2.25. The van der Waals surface area contributed by atoms with Gasteiger partial charge in [0.1, 0.15) is 18.1 Å².